The van der Waals surface area contributed by atoms with E-state index in [1.54, 1.807) is 29.7 Å². The summed E-state index contributed by atoms with van der Waals surface area (Å²) < 4.78 is 5.97. The van der Waals surface area contributed by atoms with E-state index in [9.17, 15) is 9.59 Å². The highest BCUT2D eigenvalue weighted by Crippen LogP contribution is 2.27. The molecule has 0 spiro atoms. The molecule has 2 amide bonds. The van der Waals surface area contributed by atoms with E-state index in [1.165, 1.54) is 0 Å². The molecule has 0 saturated heterocycles. The molecule has 3 aromatic rings. The maximum Gasteiger partial charge on any atom is 0.251 e. The van der Waals surface area contributed by atoms with Crippen LogP contribution in [0.3, 0.4) is 0 Å². The number of fused-ring (bicyclic) bond motifs is 1. The summed E-state index contributed by atoms with van der Waals surface area (Å²) in [6.45, 7) is 2.35. The first-order chi connectivity index (χ1) is 16.0. The minimum absolute atomic E-state index is 0.0984. The molecule has 33 heavy (non-hydrogen) atoms. The summed E-state index contributed by atoms with van der Waals surface area (Å²) in [6, 6.07) is 16.6. The average Bonchev–Trinajstić information content (AvgIpc) is 3.25. The first-order valence-corrected chi connectivity index (χ1v) is 11.0. The second kappa shape index (κ2) is 9.97. The summed E-state index contributed by atoms with van der Waals surface area (Å²) in [5.74, 6) is -0.591. The van der Waals surface area contributed by atoms with Gasteiger partial charge in [-0.1, -0.05) is 18.2 Å². The van der Waals surface area contributed by atoms with Crippen molar-refractivity contribution in [2.24, 2.45) is 5.92 Å². The van der Waals surface area contributed by atoms with Gasteiger partial charge in [-0.05, 0) is 63.2 Å². The van der Waals surface area contributed by atoms with Gasteiger partial charge in [-0.25, -0.2) is 5.48 Å². The highest BCUT2D eigenvalue weighted by Gasteiger charge is 2.39. The van der Waals surface area contributed by atoms with Gasteiger partial charge in [-0.3, -0.25) is 19.8 Å². The summed E-state index contributed by atoms with van der Waals surface area (Å²) in [6.07, 6.45) is 1.16. The van der Waals surface area contributed by atoms with E-state index in [-0.39, 0.29) is 18.0 Å². The second-order valence-electron chi connectivity index (χ2n) is 8.37. The van der Waals surface area contributed by atoms with Crippen LogP contribution in [-0.4, -0.2) is 41.1 Å². The van der Waals surface area contributed by atoms with Crippen molar-refractivity contribution in [2.75, 3.05) is 7.05 Å². The number of hydroxylamine groups is 1. The molecule has 1 saturated carbocycles. The van der Waals surface area contributed by atoms with E-state index in [0.29, 0.717) is 30.8 Å². The number of nitrogens with zero attached hydrogens (tertiary/aromatic N) is 1. The van der Waals surface area contributed by atoms with Crippen molar-refractivity contribution in [3.05, 3.63) is 71.4 Å². The zero-order valence-electron chi connectivity index (χ0n) is 18.7. The maximum absolute atomic E-state index is 12.8. The summed E-state index contributed by atoms with van der Waals surface area (Å²) in [4.78, 5) is 29.3. The Morgan fingerprint density at radius 1 is 1.12 bits per heavy atom. The van der Waals surface area contributed by atoms with Crippen LogP contribution in [0.5, 0.6) is 5.75 Å². The Morgan fingerprint density at radius 3 is 2.61 bits per heavy atom. The summed E-state index contributed by atoms with van der Waals surface area (Å²) in [5.41, 5.74) is 5.10. The van der Waals surface area contributed by atoms with Crippen LogP contribution in [0, 0.1) is 12.8 Å². The van der Waals surface area contributed by atoms with Crippen LogP contribution < -0.4 is 20.9 Å². The molecule has 1 aliphatic rings. The fourth-order valence-electron chi connectivity index (χ4n) is 4.44. The number of aryl methyl sites for hydroxylation is 1. The van der Waals surface area contributed by atoms with Crippen molar-refractivity contribution in [1.82, 2.24) is 21.1 Å². The van der Waals surface area contributed by atoms with Crippen molar-refractivity contribution in [3.8, 4) is 5.75 Å². The molecule has 0 bridgehead atoms. The molecular formula is C25H28N4O4. The number of aromatic nitrogens is 1. The molecule has 0 aliphatic heterocycles. The Labute approximate surface area is 192 Å². The lowest BCUT2D eigenvalue weighted by molar-refractivity contribution is -0.133. The molecule has 4 N–H and O–H groups in total. The normalized spacial score (nSPS) is 19.9. The van der Waals surface area contributed by atoms with Crippen LogP contribution in [0.2, 0.25) is 0 Å². The Balaban J connectivity index is 1.40. The molecule has 172 valence electrons. The van der Waals surface area contributed by atoms with Gasteiger partial charge in [0, 0.05) is 34.3 Å². The van der Waals surface area contributed by atoms with Crippen LogP contribution in [0.25, 0.3) is 10.9 Å². The van der Waals surface area contributed by atoms with Gasteiger partial charge in [-0.15, -0.1) is 0 Å². The number of amides is 2. The lowest BCUT2D eigenvalue weighted by atomic mass is 10.0. The third-order valence-electron chi connectivity index (χ3n) is 6.18. The molecule has 1 fully saturated rings. The Hall–Kier alpha value is -3.49. The number of carbonyl (C=O) groups excluding carboxylic acids is 2. The van der Waals surface area contributed by atoms with E-state index in [1.807, 2.05) is 44.3 Å². The van der Waals surface area contributed by atoms with Crippen LogP contribution >= 0.6 is 0 Å². The number of benzene rings is 2. The first kappa shape index (κ1) is 22.7. The van der Waals surface area contributed by atoms with Gasteiger partial charge in [0.15, 0.2) is 0 Å². The van der Waals surface area contributed by atoms with E-state index >= 15 is 0 Å². The minimum atomic E-state index is -0.488. The Bertz CT molecular complexity index is 1150. The standard InChI is InChI=1S/C25H28N4O4/c1-15-11-17(20-5-3-4-6-22(20)27-15)14-33-19-9-7-16(8-10-19)24(30)28-23-13-18(26-2)12-21(23)25(31)29-32/h3-11,18,21,23,26,32H,12-14H2,1-2H3,(H,28,30)(H,29,31)/t18?,21-,23+/m0/s1. The first-order valence-electron chi connectivity index (χ1n) is 11.0. The number of rotatable bonds is 7. The topological polar surface area (TPSA) is 113 Å². The molecule has 1 unspecified atom stereocenters. The molecule has 8 heteroatoms. The highest BCUT2D eigenvalue weighted by molar-refractivity contribution is 5.95. The fourth-order valence-corrected chi connectivity index (χ4v) is 4.44. The van der Waals surface area contributed by atoms with Crippen molar-refractivity contribution in [1.29, 1.82) is 0 Å². The molecule has 8 nitrogen and oxygen atoms in total. The third kappa shape index (κ3) is 5.13. The minimum Gasteiger partial charge on any atom is -0.489 e. The van der Waals surface area contributed by atoms with Crippen LogP contribution in [0.15, 0.2) is 54.6 Å². The monoisotopic (exact) mass is 448 g/mol. The summed E-state index contributed by atoms with van der Waals surface area (Å²) in [7, 11) is 1.82. The van der Waals surface area contributed by atoms with Crippen LogP contribution in [0.1, 0.15) is 34.5 Å². The van der Waals surface area contributed by atoms with E-state index in [4.69, 9.17) is 9.94 Å². The van der Waals surface area contributed by atoms with Crippen LogP contribution in [-0.2, 0) is 11.4 Å². The molecular weight excluding hydrogens is 420 g/mol. The SMILES string of the molecule is CNC1C[C@H](C(=O)NO)[C@H](NC(=O)c2ccc(OCc3cc(C)nc4ccccc34)cc2)C1. The van der Waals surface area contributed by atoms with Crippen molar-refractivity contribution >= 4 is 22.7 Å². The van der Waals surface area contributed by atoms with Gasteiger partial charge in [0.25, 0.3) is 5.91 Å². The van der Waals surface area contributed by atoms with E-state index < -0.39 is 11.8 Å². The van der Waals surface area contributed by atoms with Gasteiger partial charge >= 0.3 is 0 Å². The number of hydrogen-bond donors (Lipinski definition) is 4. The van der Waals surface area contributed by atoms with Gasteiger partial charge in [0.05, 0.1) is 11.4 Å². The molecule has 0 radical (unpaired) electrons. The third-order valence-corrected chi connectivity index (χ3v) is 6.18. The van der Waals surface area contributed by atoms with Gasteiger partial charge in [-0.2, -0.15) is 0 Å². The number of para-hydroxylation sites is 1. The zero-order valence-corrected chi connectivity index (χ0v) is 18.7. The highest BCUT2D eigenvalue weighted by atomic mass is 16.5. The van der Waals surface area contributed by atoms with E-state index in [2.05, 4.69) is 15.6 Å². The smallest absolute Gasteiger partial charge is 0.251 e. The molecule has 2 aromatic carbocycles. The largest absolute Gasteiger partial charge is 0.489 e. The summed E-state index contributed by atoms with van der Waals surface area (Å²) in [5, 5.41) is 16.1. The molecule has 1 heterocycles. The summed E-state index contributed by atoms with van der Waals surface area (Å²) >= 11 is 0. The second-order valence-corrected chi connectivity index (χ2v) is 8.37. The van der Waals surface area contributed by atoms with Gasteiger partial charge in [0.2, 0.25) is 5.91 Å². The molecule has 1 aliphatic carbocycles. The Morgan fingerprint density at radius 2 is 1.88 bits per heavy atom. The van der Waals surface area contributed by atoms with Crippen LogP contribution in [0.4, 0.5) is 0 Å². The average molecular weight is 449 g/mol. The number of ether oxygens (including phenoxy) is 1. The van der Waals surface area contributed by atoms with E-state index in [0.717, 1.165) is 22.2 Å². The number of nitrogens with one attached hydrogen (secondary N) is 3. The van der Waals surface area contributed by atoms with Crippen molar-refractivity contribution < 1.29 is 19.5 Å². The van der Waals surface area contributed by atoms with Gasteiger partial charge in [0.1, 0.15) is 12.4 Å². The predicted molar refractivity (Wildman–Crippen MR) is 124 cm³/mol. The lowest BCUT2D eigenvalue weighted by Crippen LogP contribution is -2.43. The van der Waals surface area contributed by atoms with Crippen molar-refractivity contribution in [3.63, 3.8) is 0 Å². The molecule has 4 rings (SSSR count). The number of carbonyl (C=O) groups is 2. The van der Waals surface area contributed by atoms with Gasteiger partial charge < -0.3 is 15.4 Å². The number of pyridine rings is 1. The van der Waals surface area contributed by atoms with Crippen molar-refractivity contribution in [2.45, 2.75) is 38.5 Å². The predicted octanol–water partition coefficient (Wildman–Crippen LogP) is 2.72. The maximum atomic E-state index is 12.8. The number of hydrogen-bond acceptors (Lipinski definition) is 6. The lowest BCUT2D eigenvalue weighted by Gasteiger charge is -2.19. The Kier molecular flexibility index (Phi) is 6.86. The fraction of sp³-hybridized carbons (Fsp3) is 0.320. The zero-order chi connectivity index (χ0) is 23.4. The quantitative estimate of drug-likeness (QED) is 0.327. The molecule has 3 atom stereocenters. The molecule has 1 aromatic heterocycles.